The first-order valence-electron chi connectivity index (χ1n) is 9.71. The van der Waals surface area contributed by atoms with Gasteiger partial charge in [0, 0.05) is 12.1 Å². The highest BCUT2D eigenvalue weighted by Crippen LogP contribution is 2.29. The minimum atomic E-state index is -3.56. The van der Waals surface area contributed by atoms with Crippen LogP contribution in [0.3, 0.4) is 0 Å². The summed E-state index contributed by atoms with van der Waals surface area (Å²) < 4.78 is 32.8. The lowest BCUT2D eigenvalue weighted by molar-refractivity contribution is -0.120. The zero-order valence-electron chi connectivity index (χ0n) is 15.8. The van der Waals surface area contributed by atoms with Gasteiger partial charge in [0.25, 0.3) is 0 Å². The molecule has 1 aromatic rings. The van der Waals surface area contributed by atoms with E-state index >= 15 is 0 Å². The fourth-order valence-corrected chi connectivity index (χ4v) is 4.69. The van der Waals surface area contributed by atoms with Gasteiger partial charge in [0.1, 0.15) is 5.75 Å². The number of anilines is 1. The topological polar surface area (TPSA) is 96.5 Å². The van der Waals surface area contributed by atoms with Crippen LogP contribution in [0.1, 0.15) is 51.4 Å². The lowest BCUT2D eigenvalue weighted by atomic mass is 10.1. The van der Waals surface area contributed by atoms with Crippen LogP contribution in [0, 0.1) is 0 Å². The summed E-state index contributed by atoms with van der Waals surface area (Å²) in [5.41, 5.74) is 0.493. The molecule has 0 saturated heterocycles. The van der Waals surface area contributed by atoms with Crippen LogP contribution >= 0.6 is 0 Å². The number of benzene rings is 1. The van der Waals surface area contributed by atoms with Crippen molar-refractivity contribution in [3.05, 3.63) is 18.2 Å². The molecule has 0 unspecified atom stereocenters. The van der Waals surface area contributed by atoms with Crippen LogP contribution < -0.4 is 20.1 Å². The summed E-state index contributed by atoms with van der Waals surface area (Å²) in [4.78, 5) is 12.5. The van der Waals surface area contributed by atoms with E-state index in [2.05, 4.69) is 15.4 Å². The normalized spacial score (nSPS) is 18.6. The quantitative estimate of drug-likeness (QED) is 0.587. The second-order valence-electron chi connectivity index (χ2n) is 7.37. The molecule has 2 aliphatic rings. The van der Waals surface area contributed by atoms with E-state index in [4.69, 9.17) is 4.74 Å². The van der Waals surface area contributed by atoms with Crippen molar-refractivity contribution < 1.29 is 17.9 Å². The number of nitrogens with one attached hydrogen (secondary N) is 3. The zero-order valence-corrected chi connectivity index (χ0v) is 16.6. The standard InChI is InChI=1S/C19H29N3O4S/c1-26-18-11-10-16(27(24,25)22-15-8-9-15)12-17(18)20-13-19(23)21-14-6-4-2-3-5-7-14/h10-12,14-15,20,22H,2-9,13H2,1H3,(H,21,23). The van der Waals surface area contributed by atoms with Crippen LogP contribution in [0.4, 0.5) is 5.69 Å². The van der Waals surface area contributed by atoms with Gasteiger partial charge in [-0.3, -0.25) is 4.79 Å². The number of ether oxygens (including phenoxy) is 1. The first-order valence-corrected chi connectivity index (χ1v) is 11.2. The Morgan fingerprint density at radius 1 is 1.07 bits per heavy atom. The van der Waals surface area contributed by atoms with Gasteiger partial charge in [-0.25, -0.2) is 13.1 Å². The van der Waals surface area contributed by atoms with Crippen molar-refractivity contribution in [2.75, 3.05) is 19.0 Å². The largest absolute Gasteiger partial charge is 0.495 e. The molecule has 7 nitrogen and oxygen atoms in total. The molecular weight excluding hydrogens is 366 g/mol. The van der Waals surface area contributed by atoms with Crippen LogP contribution in [0.15, 0.2) is 23.1 Å². The van der Waals surface area contributed by atoms with E-state index in [1.807, 2.05) is 0 Å². The van der Waals surface area contributed by atoms with Crippen molar-refractivity contribution in [2.45, 2.75) is 68.3 Å². The Hall–Kier alpha value is -1.80. The molecule has 2 saturated carbocycles. The number of amides is 1. The third-order valence-corrected chi connectivity index (χ3v) is 6.56. The Bertz CT molecular complexity index is 754. The fraction of sp³-hybridized carbons (Fsp3) is 0.632. The summed E-state index contributed by atoms with van der Waals surface area (Å²) >= 11 is 0. The van der Waals surface area contributed by atoms with Crippen molar-refractivity contribution in [2.24, 2.45) is 0 Å². The molecule has 3 rings (SSSR count). The summed E-state index contributed by atoms with van der Waals surface area (Å²) in [6, 6.07) is 4.91. The Morgan fingerprint density at radius 3 is 2.41 bits per heavy atom. The lowest BCUT2D eigenvalue weighted by Crippen LogP contribution is -2.38. The van der Waals surface area contributed by atoms with Crippen molar-refractivity contribution >= 4 is 21.6 Å². The second kappa shape index (κ2) is 8.93. The Morgan fingerprint density at radius 2 is 1.78 bits per heavy atom. The van der Waals surface area contributed by atoms with Crippen LogP contribution in [-0.4, -0.2) is 40.1 Å². The predicted molar refractivity (Wildman–Crippen MR) is 104 cm³/mol. The van der Waals surface area contributed by atoms with E-state index in [1.54, 1.807) is 6.07 Å². The van der Waals surface area contributed by atoms with Crippen molar-refractivity contribution in [3.8, 4) is 5.75 Å². The van der Waals surface area contributed by atoms with E-state index in [9.17, 15) is 13.2 Å². The maximum atomic E-state index is 12.4. The molecule has 0 heterocycles. The van der Waals surface area contributed by atoms with Gasteiger partial charge in [-0.2, -0.15) is 0 Å². The Kier molecular flexibility index (Phi) is 6.59. The molecule has 1 amide bonds. The van der Waals surface area contributed by atoms with Crippen LogP contribution in [0.25, 0.3) is 0 Å². The molecule has 27 heavy (non-hydrogen) atoms. The third-order valence-electron chi connectivity index (χ3n) is 5.04. The number of methoxy groups -OCH3 is 1. The third kappa shape index (κ3) is 5.84. The molecular formula is C19H29N3O4S. The smallest absolute Gasteiger partial charge is 0.240 e. The highest BCUT2D eigenvalue weighted by atomic mass is 32.2. The molecule has 0 radical (unpaired) electrons. The zero-order chi connectivity index (χ0) is 19.3. The monoisotopic (exact) mass is 395 g/mol. The van der Waals surface area contributed by atoms with Gasteiger partial charge in [-0.1, -0.05) is 25.7 Å². The van der Waals surface area contributed by atoms with Gasteiger partial charge in [0.05, 0.1) is 24.2 Å². The highest BCUT2D eigenvalue weighted by Gasteiger charge is 2.28. The summed E-state index contributed by atoms with van der Waals surface area (Å²) in [6.45, 7) is 0.0758. The van der Waals surface area contributed by atoms with Gasteiger partial charge in [-0.05, 0) is 43.9 Å². The van der Waals surface area contributed by atoms with Gasteiger partial charge in [0.15, 0.2) is 0 Å². The molecule has 0 spiro atoms. The lowest BCUT2D eigenvalue weighted by Gasteiger charge is -2.17. The Balaban J connectivity index is 1.62. The van der Waals surface area contributed by atoms with Gasteiger partial charge >= 0.3 is 0 Å². The first kappa shape index (κ1) is 19.9. The van der Waals surface area contributed by atoms with E-state index in [0.29, 0.717) is 11.4 Å². The average Bonchev–Trinajstić information content (AvgIpc) is 3.47. The number of hydrogen-bond acceptors (Lipinski definition) is 5. The Labute approximate surface area is 161 Å². The molecule has 0 bridgehead atoms. The molecule has 150 valence electrons. The molecule has 0 aliphatic heterocycles. The second-order valence-corrected chi connectivity index (χ2v) is 9.08. The van der Waals surface area contributed by atoms with Crippen molar-refractivity contribution in [1.29, 1.82) is 0 Å². The van der Waals surface area contributed by atoms with Crippen molar-refractivity contribution in [1.82, 2.24) is 10.0 Å². The molecule has 1 aromatic carbocycles. The van der Waals surface area contributed by atoms with Gasteiger partial charge < -0.3 is 15.4 Å². The number of carbonyl (C=O) groups is 1. The van der Waals surface area contributed by atoms with Crippen molar-refractivity contribution in [3.63, 3.8) is 0 Å². The van der Waals surface area contributed by atoms with E-state index < -0.39 is 10.0 Å². The van der Waals surface area contributed by atoms with Crippen LogP contribution in [0.2, 0.25) is 0 Å². The molecule has 8 heteroatoms. The number of carbonyl (C=O) groups excluding carboxylic acids is 1. The molecule has 3 N–H and O–H groups in total. The van der Waals surface area contributed by atoms with Gasteiger partial charge in [0.2, 0.25) is 15.9 Å². The summed E-state index contributed by atoms with van der Waals surface area (Å²) in [5, 5.41) is 6.09. The minimum absolute atomic E-state index is 0.0406. The predicted octanol–water partition coefficient (Wildman–Crippen LogP) is 2.39. The molecule has 0 atom stereocenters. The minimum Gasteiger partial charge on any atom is -0.495 e. The molecule has 2 aliphatic carbocycles. The summed E-state index contributed by atoms with van der Waals surface area (Å²) in [6.07, 6.45) is 8.57. The average molecular weight is 396 g/mol. The van der Waals surface area contributed by atoms with E-state index in [-0.39, 0.29) is 29.4 Å². The first-order chi connectivity index (χ1) is 13.0. The number of rotatable bonds is 8. The fourth-order valence-electron chi connectivity index (χ4n) is 3.36. The van der Waals surface area contributed by atoms with Gasteiger partial charge in [-0.15, -0.1) is 0 Å². The molecule has 2 fully saturated rings. The maximum absolute atomic E-state index is 12.4. The molecule has 0 aromatic heterocycles. The SMILES string of the molecule is COc1ccc(S(=O)(=O)NC2CC2)cc1NCC(=O)NC1CCCCCC1. The summed E-state index contributed by atoms with van der Waals surface area (Å²) in [7, 11) is -2.04. The highest BCUT2D eigenvalue weighted by molar-refractivity contribution is 7.89. The van der Waals surface area contributed by atoms with Crippen LogP contribution in [-0.2, 0) is 14.8 Å². The van der Waals surface area contributed by atoms with Crippen LogP contribution in [0.5, 0.6) is 5.75 Å². The summed E-state index contributed by atoms with van der Waals surface area (Å²) in [5.74, 6) is 0.413. The number of hydrogen-bond donors (Lipinski definition) is 3. The van der Waals surface area contributed by atoms with E-state index in [1.165, 1.54) is 32.1 Å². The van der Waals surface area contributed by atoms with E-state index in [0.717, 1.165) is 38.5 Å². The number of sulfonamides is 1. The maximum Gasteiger partial charge on any atom is 0.240 e.